The van der Waals surface area contributed by atoms with E-state index in [2.05, 4.69) is 18.0 Å². The molecule has 2 fully saturated rings. The number of nitriles is 1. The van der Waals surface area contributed by atoms with Gasteiger partial charge in [-0.25, -0.2) is 0 Å². The van der Waals surface area contributed by atoms with Gasteiger partial charge in [0.25, 0.3) is 10.1 Å². The fourth-order valence-corrected chi connectivity index (χ4v) is 4.20. The molecule has 2 aliphatic heterocycles. The molecule has 2 saturated heterocycles. The number of allylic oxidation sites excluding steroid dienone is 1. The van der Waals surface area contributed by atoms with E-state index in [9.17, 15) is 13.2 Å². The molecule has 0 aromatic heterocycles. The van der Waals surface area contributed by atoms with E-state index in [1.165, 1.54) is 17.7 Å². The van der Waals surface area contributed by atoms with Gasteiger partial charge in [-0.1, -0.05) is 23.3 Å². The first-order chi connectivity index (χ1) is 13.6. The number of carbonyl (C=O) groups excluding carboxylic acids is 1. The molecule has 0 aliphatic carbocycles. The van der Waals surface area contributed by atoms with Gasteiger partial charge < -0.3 is 10.2 Å². The third kappa shape index (κ3) is 6.67. The van der Waals surface area contributed by atoms with Gasteiger partial charge in [-0.3, -0.25) is 9.35 Å². The monoisotopic (exact) mass is 419 g/mol. The first kappa shape index (κ1) is 23.1. The third-order valence-corrected chi connectivity index (χ3v) is 6.03. The molecule has 1 aromatic rings. The van der Waals surface area contributed by atoms with Crippen molar-refractivity contribution >= 4 is 16.0 Å². The van der Waals surface area contributed by atoms with Crippen LogP contribution >= 0.6 is 0 Å². The normalized spacial score (nSPS) is 23.8. The summed E-state index contributed by atoms with van der Waals surface area (Å²) in [6.45, 7) is 9.42. The Hall–Kier alpha value is -2.21. The van der Waals surface area contributed by atoms with Crippen LogP contribution in [0.4, 0.5) is 0 Å². The molecule has 0 spiro atoms. The highest BCUT2D eigenvalue weighted by molar-refractivity contribution is 7.85. The highest BCUT2D eigenvalue weighted by Gasteiger charge is 2.36. The van der Waals surface area contributed by atoms with E-state index >= 15 is 0 Å². The number of hydrogen-bond donors (Lipinski definition) is 2. The summed E-state index contributed by atoms with van der Waals surface area (Å²) >= 11 is 0. The first-order valence-corrected chi connectivity index (χ1v) is 11.2. The fraction of sp³-hybridized carbons (Fsp3) is 0.524. The van der Waals surface area contributed by atoms with Gasteiger partial charge in [-0.15, -0.1) is 6.58 Å². The number of amides is 1. The fourth-order valence-electron chi connectivity index (χ4n) is 3.72. The Morgan fingerprint density at radius 1 is 1.38 bits per heavy atom. The summed E-state index contributed by atoms with van der Waals surface area (Å²) in [6, 6.07) is 7.91. The van der Waals surface area contributed by atoms with E-state index in [4.69, 9.17) is 9.81 Å². The molecule has 1 amide bonds. The Morgan fingerprint density at radius 3 is 2.59 bits per heavy atom. The van der Waals surface area contributed by atoms with Crippen molar-refractivity contribution in [3.05, 3.63) is 42.0 Å². The molecule has 3 rings (SSSR count). The van der Waals surface area contributed by atoms with E-state index in [1.807, 2.05) is 13.8 Å². The summed E-state index contributed by atoms with van der Waals surface area (Å²) in [5.74, 6) is 0.628. The van der Waals surface area contributed by atoms with Crippen LogP contribution in [-0.2, 0) is 14.9 Å². The molecule has 0 unspecified atom stereocenters. The maximum atomic E-state index is 12.3. The molecule has 2 heterocycles. The highest BCUT2D eigenvalue weighted by Crippen LogP contribution is 2.25. The summed E-state index contributed by atoms with van der Waals surface area (Å²) in [4.78, 5) is 14.0. The molecular formula is C21H29N3O4S. The van der Waals surface area contributed by atoms with E-state index < -0.39 is 10.1 Å². The lowest BCUT2D eigenvalue weighted by molar-refractivity contribution is -0.133. The van der Waals surface area contributed by atoms with Crippen LogP contribution in [0.2, 0.25) is 0 Å². The van der Waals surface area contributed by atoms with Crippen LogP contribution in [0.1, 0.15) is 38.2 Å². The van der Waals surface area contributed by atoms with E-state index in [1.54, 1.807) is 17.0 Å². The molecule has 7 nitrogen and oxygen atoms in total. The van der Waals surface area contributed by atoms with Crippen molar-refractivity contribution in [2.24, 2.45) is 5.92 Å². The summed E-state index contributed by atoms with van der Waals surface area (Å²) in [5.41, 5.74) is 2.13. The number of nitrogens with one attached hydrogen (secondary N) is 1. The molecule has 1 aromatic carbocycles. The van der Waals surface area contributed by atoms with Crippen molar-refractivity contribution in [3.8, 4) is 6.07 Å². The molecule has 0 saturated carbocycles. The number of benzene rings is 1. The van der Waals surface area contributed by atoms with Crippen molar-refractivity contribution < 1.29 is 17.8 Å². The SMILES string of the molecule is C=C(C)C[C@@H]1CN[C@H](C(=O)N2CCC[C@H]2C#N)C1.Cc1ccc(S(=O)(=O)O)cc1. The van der Waals surface area contributed by atoms with Crippen molar-refractivity contribution in [2.75, 3.05) is 13.1 Å². The van der Waals surface area contributed by atoms with Gasteiger partial charge in [-0.2, -0.15) is 13.7 Å². The summed E-state index contributed by atoms with van der Waals surface area (Å²) < 4.78 is 29.6. The number of likely N-dealkylation sites (tertiary alicyclic amines) is 1. The van der Waals surface area contributed by atoms with Crippen LogP contribution in [0.3, 0.4) is 0 Å². The van der Waals surface area contributed by atoms with Gasteiger partial charge in [-0.05, 0) is 64.1 Å². The number of carbonyl (C=O) groups is 1. The molecule has 29 heavy (non-hydrogen) atoms. The van der Waals surface area contributed by atoms with Gasteiger partial charge in [0.15, 0.2) is 0 Å². The Kier molecular flexibility index (Phi) is 7.96. The maximum Gasteiger partial charge on any atom is 0.294 e. The van der Waals surface area contributed by atoms with Gasteiger partial charge >= 0.3 is 0 Å². The zero-order valence-corrected chi connectivity index (χ0v) is 17.8. The summed E-state index contributed by atoms with van der Waals surface area (Å²) in [6.07, 6.45) is 3.63. The zero-order valence-electron chi connectivity index (χ0n) is 17.0. The number of hydrogen-bond acceptors (Lipinski definition) is 5. The minimum atomic E-state index is -4.02. The molecule has 3 atom stereocenters. The van der Waals surface area contributed by atoms with Crippen molar-refractivity contribution in [3.63, 3.8) is 0 Å². The smallest absolute Gasteiger partial charge is 0.294 e. The Labute approximate surface area is 173 Å². The van der Waals surface area contributed by atoms with E-state index in [0.717, 1.165) is 44.3 Å². The molecule has 158 valence electrons. The average molecular weight is 420 g/mol. The molecule has 0 radical (unpaired) electrons. The van der Waals surface area contributed by atoms with Crippen LogP contribution in [0.25, 0.3) is 0 Å². The summed E-state index contributed by atoms with van der Waals surface area (Å²) in [7, 11) is -4.02. The quantitative estimate of drug-likeness (QED) is 0.573. The lowest BCUT2D eigenvalue weighted by Gasteiger charge is -2.23. The molecule has 2 aliphatic rings. The Bertz CT molecular complexity index is 874. The first-order valence-electron chi connectivity index (χ1n) is 9.74. The van der Waals surface area contributed by atoms with Crippen molar-refractivity contribution in [1.29, 1.82) is 5.26 Å². The van der Waals surface area contributed by atoms with Gasteiger partial charge in [0.1, 0.15) is 6.04 Å². The topological polar surface area (TPSA) is 111 Å². The van der Waals surface area contributed by atoms with Crippen LogP contribution in [0.5, 0.6) is 0 Å². The van der Waals surface area contributed by atoms with Crippen LogP contribution in [0, 0.1) is 24.2 Å². The third-order valence-electron chi connectivity index (χ3n) is 5.16. The van der Waals surface area contributed by atoms with Crippen LogP contribution in [-0.4, -0.2) is 49.0 Å². The molecule has 8 heteroatoms. The minimum absolute atomic E-state index is 0.0666. The number of nitrogens with zero attached hydrogens (tertiary/aromatic N) is 2. The van der Waals surface area contributed by atoms with Gasteiger partial charge in [0.05, 0.1) is 17.0 Å². The Morgan fingerprint density at radius 2 is 2.03 bits per heavy atom. The predicted octanol–water partition coefficient (Wildman–Crippen LogP) is 2.69. The lowest BCUT2D eigenvalue weighted by atomic mass is 9.98. The predicted molar refractivity (Wildman–Crippen MR) is 111 cm³/mol. The zero-order chi connectivity index (χ0) is 21.6. The number of rotatable bonds is 4. The van der Waals surface area contributed by atoms with Crippen molar-refractivity contribution in [2.45, 2.75) is 56.5 Å². The van der Waals surface area contributed by atoms with Crippen LogP contribution in [0.15, 0.2) is 41.3 Å². The van der Waals surface area contributed by atoms with E-state index in [-0.39, 0.29) is 22.9 Å². The highest BCUT2D eigenvalue weighted by atomic mass is 32.2. The van der Waals surface area contributed by atoms with Crippen LogP contribution < -0.4 is 5.32 Å². The maximum absolute atomic E-state index is 12.3. The average Bonchev–Trinajstić information content (AvgIpc) is 3.30. The lowest BCUT2D eigenvalue weighted by Crippen LogP contribution is -2.45. The Balaban J connectivity index is 0.000000234. The number of aryl methyl sites for hydroxylation is 1. The molecule has 0 bridgehead atoms. The van der Waals surface area contributed by atoms with Gasteiger partial charge in [0, 0.05) is 6.54 Å². The summed E-state index contributed by atoms with van der Waals surface area (Å²) in [5, 5.41) is 12.3. The molecule has 2 N–H and O–H groups in total. The second-order valence-corrected chi connectivity index (χ2v) is 9.25. The standard InChI is InChI=1S/C14H21N3O.C7H8O3S/c1-10(2)6-11-7-13(16-9-11)14(18)17-5-3-4-12(17)8-15;1-6-2-4-7(5-3-6)11(8,9)10/h11-13,16H,1,3-7,9H2,2H3;2-5H,1H3,(H,8,9,10)/t11-,12-,13-;/m0./s1. The minimum Gasteiger partial charge on any atom is -0.325 e. The van der Waals surface area contributed by atoms with E-state index in [0.29, 0.717) is 5.92 Å². The van der Waals surface area contributed by atoms with Gasteiger partial charge in [0.2, 0.25) is 5.91 Å². The second-order valence-electron chi connectivity index (χ2n) is 7.83. The second kappa shape index (κ2) is 10.0. The largest absolute Gasteiger partial charge is 0.325 e. The molecular weight excluding hydrogens is 390 g/mol. The van der Waals surface area contributed by atoms with Crippen molar-refractivity contribution in [1.82, 2.24) is 10.2 Å².